The first-order chi connectivity index (χ1) is 14.9. The predicted octanol–water partition coefficient (Wildman–Crippen LogP) is 1.95. The molecule has 1 amide bonds. The van der Waals surface area contributed by atoms with E-state index < -0.39 is 24.0 Å². The Hall–Kier alpha value is -2.45. The van der Waals surface area contributed by atoms with Crippen molar-refractivity contribution >= 4 is 17.7 Å². The lowest BCUT2D eigenvalue weighted by Gasteiger charge is -2.29. The molecule has 5 N–H and O–H groups in total. The van der Waals surface area contributed by atoms with Crippen molar-refractivity contribution in [1.29, 1.82) is 0 Å². The van der Waals surface area contributed by atoms with Gasteiger partial charge in [-0.3, -0.25) is 14.4 Å². The van der Waals surface area contributed by atoms with Gasteiger partial charge in [0.15, 0.2) is 5.78 Å². The van der Waals surface area contributed by atoms with Crippen LogP contribution in [0, 0.1) is 5.92 Å². The average Bonchev–Trinajstić information content (AvgIpc) is 3.05. The maximum Gasteiger partial charge on any atom is 0.304 e. The number of carbonyl (C=O) groups is 3. The number of Topliss-reactive ketones (excluding diaryl/α,β-unsaturated/α-hetero) is 1. The number of rotatable bonds is 15. The molecule has 1 aliphatic rings. The Kier molecular flexibility index (Phi) is 10.5. The molecule has 1 aliphatic heterocycles. The fraction of sp³-hybridized carbons (Fsp3) is 0.609. The van der Waals surface area contributed by atoms with E-state index in [1.807, 2.05) is 30.3 Å². The van der Waals surface area contributed by atoms with Crippen molar-refractivity contribution < 1.29 is 24.2 Å². The highest BCUT2D eigenvalue weighted by Gasteiger charge is 2.44. The topological polar surface area (TPSA) is 136 Å². The van der Waals surface area contributed by atoms with Crippen LogP contribution < -0.4 is 16.2 Å². The SMILES string of the molecule is NCCCCCC(=O)C(N)[C@@H]1C[C@@H](CC(=O)O)C(=O)N1CCCCOc1ccccc1. The molecule has 8 heteroatoms. The summed E-state index contributed by atoms with van der Waals surface area (Å²) >= 11 is 0. The van der Waals surface area contributed by atoms with E-state index in [2.05, 4.69) is 0 Å². The number of nitrogens with two attached hydrogens (primary N) is 2. The van der Waals surface area contributed by atoms with E-state index in [9.17, 15) is 14.4 Å². The number of carboxylic acid groups (broad SMARTS) is 1. The van der Waals surface area contributed by atoms with E-state index in [4.69, 9.17) is 21.3 Å². The van der Waals surface area contributed by atoms with E-state index in [1.54, 1.807) is 4.90 Å². The van der Waals surface area contributed by atoms with Gasteiger partial charge in [0.05, 0.1) is 31.0 Å². The average molecular weight is 434 g/mol. The number of amides is 1. The number of benzene rings is 1. The molecule has 172 valence electrons. The maximum absolute atomic E-state index is 12.8. The summed E-state index contributed by atoms with van der Waals surface area (Å²) in [6, 6.07) is 8.25. The molecule has 1 heterocycles. The van der Waals surface area contributed by atoms with Crippen LogP contribution in [0.4, 0.5) is 0 Å². The molecule has 1 unspecified atom stereocenters. The van der Waals surface area contributed by atoms with Gasteiger partial charge >= 0.3 is 5.97 Å². The molecular formula is C23H35N3O5. The van der Waals surface area contributed by atoms with Crippen LogP contribution in [0.15, 0.2) is 30.3 Å². The van der Waals surface area contributed by atoms with Gasteiger partial charge in [-0.25, -0.2) is 0 Å². The molecule has 1 saturated heterocycles. The van der Waals surface area contributed by atoms with Gasteiger partial charge in [0.25, 0.3) is 0 Å². The van der Waals surface area contributed by atoms with Crippen molar-refractivity contribution in [3.05, 3.63) is 30.3 Å². The quantitative estimate of drug-likeness (QED) is 0.360. The number of unbranched alkanes of at least 4 members (excludes halogenated alkanes) is 3. The van der Waals surface area contributed by atoms with Gasteiger partial charge in [-0.15, -0.1) is 0 Å². The number of hydrogen-bond donors (Lipinski definition) is 3. The van der Waals surface area contributed by atoms with Crippen molar-refractivity contribution in [2.24, 2.45) is 17.4 Å². The largest absolute Gasteiger partial charge is 0.494 e. The summed E-state index contributed by atoms with van der Waals surface area (Å²) in [6.45, 7) is 1.54. The minimum absolute atomic E-state index is 0.0804. The van der Waals surface area contributed by atoms with E-state index in [-0.39, 0.29) is 18.1 Å². The van der Waals surface area contributed by atoms with Gasteiger partial charge in [0.2, 0.25) is 5.91 Å². The van der Waals surface area contributed by atoms with Crippen LogP contribution >= 0.6 is 0 Å². The second-order valence-corrected chi connectivity index (χ2v) is 8.09. The van der Waals surface area contributed by atoms with E-state index >= 15 is 0 Å². The fourth-order valence-electron chi connectivity index (χ4n) is 4.01. The fourth-order valence-corrected chi connectivity index (χ4v) is 4.01. The van der Waals surface area contributed by atoms with Crippen LogP contribution in [0.1, 0.15) is 51.4 Å². The molecule has 0 saturated carbocycles. The summed E-state index contributed by atoms with van der Waals surface area (Å²) in [5, 5.41) is 9.14. The number of carbonyl (C=O) groups excluding carboxylic acids is 2. The summed E-state index contributed by atoms with van der Waals surface area (Å²) < 4.78 is 5.68. The van der Waals surface area contributed by atoms with Gasteiger partial charge in [0.1, 0.15) is 5.75 Å². The second kappa shape index (κ2) is 13.1. The molecule has 1 fully saturated rings. The number of nitrogens with zero attached hydrogens (tertiary/aromatic N) is 1. The first kappa shape index (κ1) is 24.8. The van der Waals surface area contributed by atoms with Crippen molar-refractivity contribution in [1.82, 2.24) is 4.90 Å². The van der Waals surface area contributed by atoms with Crippen molar-refractivity contribution in [2.75, 3.05) is 19.7 Å². The monoisotopic (exact) mass is 433 g/mol. The third-order valence-corrected chi connectivity index (χ3v) is 5.70. The molecule has 3 atom stereocenters. The van der Waals surface area contributed by atoms with Gasteiger partial charge in [-0.1, -0.05) is 24.6 Å². The van der Waals surface area contributed by atoms with Crippen LogP contribution in [0.2, 0.25) is 0 Å². The van der Waals surface area contributed by atoms with Crippen molar-refractivity contribution in [3.8, 4) is 5.75 Å². The second-order valence-electron chi connectivity index (χ2n) is 8.09. The summed E-state index contributed by atoms with van der Waals surface area (Å²) in [5.41, 5.74) is 11.7. The van der Waals surface area contributed by atoms with Crippen LogP contribution in [0.25, 0.3) is 0 Å². The van der Waals surface area contributed by atoms with Gasteiger partial charge in [-0.2, -0.15) is 0 Å². The maximum atomic E-state index is 12.8. The Morgan fingerprint density at radius 3 is 2.55 bits per heavy atom. The van der Waals surface area contributed by atoms with Crippen molar-refractivity contribution in [2.45, 2.75) is 63.5 Å². The minimum Gasteiger partial charge on any atom is -0.494 e. The smallest absolute Gasteiger partial charge is 0.304 e. The van der Waals surface area contributed by atoms with Crippen LogP contribution in [-0.4, -0.2) is 59.4 Å². The Balaban J connectivity index is 1.89. The Labute approximate surface area is 183 Å². The summed E-state index contributed by atoms with van der Waals surface area (Å²) in [7, 11) is 0. The normalized spacial score (nSPS) is 19.4. The Bertz CT molecular complexity index is 712. The third-order valence-electron chi connectivity index (χ3n) is 5.70. The molecule has 0 radical (unpaired) electrons. The lowest BCUT2D eigenvalue weighted by Crippen LogP contribution is -2.50. The molecule has 0 aromatic heterocycles. The number of hydrogen-bond acceptors (Lipinski definition) is 6. The molecule has 8 nitrogen and oxygen atoms in total. The summed E-state index contributed by atoms with van der Waals surface area (Å²) in [5.74, 6) is -1.15. The number of para-hydroxylation sites is 1. The van der Waals surface area contributed by atoms with Gasteiger partial charge in [0, 0.05) is 13.0 Å². The highest BCUT2D eigenvalue weighted by Crippen LogP contribution is 2.30. The number of aliphatic carboxylic acids is 1. The molecule has 0 spiro atoms. The predicted molar refractivity (Wildman–Crippen MR) is 118 cm³/mol. The standard InChI is InChI=1S/C23H35N3O5/c24-12-6-2-5-11-20(27)22(25)19-15-17(16-21(28)29)23(30)26(19)13-7-8-14-31-18-9-3-1-4-10-18/h1,3-4,9-10,17,19,22H,2,5-8,11-16,24-25H2,(H,28,29)/t17-,19-,22?/m0/s1. The summed E-state index contributed by atoms with van der Waals surface area (Å²) in [6.07, 6.45) is 4.30. The molecule has 31 heavy (non-hydrogen) atoms. The van der Waals surface area contributed by atoms with Crippen molar-refractivity contribution in [3.63, 3.8) is 0 Å². The zero-order chi connectivity index (χ0) is 22.6. The minimum atomic E-state index is -1.02. The summed E-state index contributed by atoms with van der Waals surface area (Å²) in [4.78, 5) is 38.2. The molecule has 0 bridgehead atoms. The molecule has 2 rings (SSSR count). The molecule has 1 aromatic carbocycles. The van der Waals surface area contributed by atoms with Gasteiger partial charge in [-0.05, 0) is 50.8 Å². The van der Waals surface area contributed by atoms with Crippen LogP contribution in [-0.2, 0) is 14.4 Å². The lowest BCUT2D eigenvalue weighted by molar-refractivity contribution is -0.142. The van der Waals surface area contributed by atoms with Crippen LogP contribution in [0.5, 0.6) is 5.75 Å². The van der Waals surface area contributed by atoms with E-state index in [0.29, 0.717) is 39.0 Å². The van der Waals surface area contributed by atoms with E-state index in [1.165, 1.54) is 0 Å². The number of ether oxygens (including phenoxy) is 1. The zero-order valence-corrected chi connectivity index (χ0v) is 18.1. The van der Waals surface area contributed by atoms with Gasteiger partial charge < -0.3 is 26.2 Å². The number of ketones is 1. The Morgan fingerprint density at radius 1 is 1.13 bits per heavy atom. The van der Waals surface area contributed by atoms with E-state index in [0.717, 1.165) is 31.4 Å². The van der Waals surface area contributed by atoms with Crippen LogP contribution in [0.3, 0.4) is 0 Å². The zero-order valence-electron chi connectivity index (χ0n) is 18.1. The lowest BCUT2D eigenvalue weighted by atomic mass is 9.94. The number of likely N-dealkylation sites (tertiary alicyclic amines) is 1. The highest BCUT2D eigenvalue weighted by molar-refractivity contribution is 5.89. The highest BCUT2D eigenvalue weighted by atomic mass is 16.5. The Morgan fingerprint density at radius 2 is 1.87 bits per heavy atom. The first-order valence-electron chi connectivity index (χ1n) is 11.1. The molecule has 1 aromatic rings. The molecular weight excluding hydrogens is 398 g/mol. The third kappa shape index (κ3) is 7.95. The number of carboxylic acids is 1. The molecule has 0 aliphatic carbocycles. The first-order valence-corrected chi connectivity index (χ1v) is 11.1.